The van der Waals surface area contributed by atoms with Crippen molar-refractivity contribution in [3.05, 3.63) is 46.0 Å². The van der Waals surface area contributed by atoms with Crippen LogP contribution in [-0.4, -0.2) is 11.6 Å². The zero-order chi connectivity index (χ0) is 10.3. The first-order chi connectivity index (χ1) is 6.61. The Labute approximate surface area is 86.2 Å². The Morgan fingerprint density at radius 2 is 1.93 bits per heavy atom. The molecule has 0 saturated carbocycles. The van der Waals surface area contributed by atoms with Gasteiger partial charge in [0.2, 0.25) is 0 Å². The molecule has 2 nitrogen and oxygen atoms in total. The summed E-state index contributed by atoms with van der Waals surface area (Å²) in [6.45, 7) is 1.63. The van der Waals surface area contributed by atoms with E-state index >= 15 is 0 Å². The molecule has 0 radical (unpaired) electrons. The highest BCUT2D eigenvalue weighted by molar-refractivity contribution is 6.37. The minimum atomic E-state index is -0.192. The molecule has 1 aliphatic rings. The Bertz CT molecular complexity index is 472. The van der Waals surface area contributed by atoms with Crippen molar-refractivity contribution in [2.75, 3.05) is 0 Å². The van der Waals surface area contributed by atoms with Crippen LogP contribution >= 0.6 is 11.6 Å². The number of hydrogen-bond acceptors (Lipinski definition) is 2. The first-order valence-corrected chi connectivity index (χ1v) is 4.55. The molecule has 0 unspecified atom stereocenters. The lowest BCUT2D eigenvalue weighted by atomic mass is 9.90. The molecule has 1 aromatic rings. The number of allylic oxidation sites excluding steroid dienone is 2. The van der Waals surface area contributed by atoms with Crippen molar-refractivity contribution in [2.45, 2.75) is 6.92 Å². The Morgan fingerprint density at radius 1 is 1.21 bits per heavy atom. The van der Waals surface area contributed by atoms with Gasteiger partial charge in [-0.2, -0.15) is 0 Å². The van der Waals surface area contributed by atoms with Gasteiger partial charge in [-0.05, 0) is 19.1 Å². The van der Waals surface area contributed by atoms with Crippen molar-refractivity contribution < 1.29 is 9.59 Å². The van der Waals surface area contributed by atoms with Crippen molar-refractivity contribution in [1.82, 2.24) is 0 Å². The van der Waals surface area contributed by atoms with E-state index in [1.165, 1.54) is 6.08 Å². The molecule has 0 atom stereocenters. The number of rotatable bonds is 0. The minimum absolute atomic E-state index is 0.123. The Morgan fingerprint density at radius 3 is 2.64 bits per heavy atom. The van der Waals surface area contributed by atoms with Crippen molar-refractivity contribution in [1.29, 1.82) is 0 Å². The number of halogens is 1. The third-order valence-corrected chi connectivity index (χ3v) is 2.53. The average molecular weight is 207 g/mol. The molecule has 0 aliphatic heterocycles. The molecule has 0 aromatic heterocycles. The number of fused-ring (bicyclic) bond motifs is 1. The van der Waals surface area contributed by atoms with Crippen LogP contribution in [0.1, 0.15) is 27.6 Å². The van der Waals surface area contributed by atoms with Crippen LogP contribution in [0.3, 0.4) is 0 Å². The summed E-state index contributed by atoms with van der Waals surface area (Å²) in [4.78, 5) is 23.2. The van der Waals surface area contributed by atoms with Gasteiger partial charge in [-0.15, -0.1) is 0 Å². The van der Waals surface area contributed by atoms with Crippen molar-refractivity contribution in [2.24, 2.45) is 0 Å². The summed E-state index contributed by atoms with van der Waals surface area (Å²) in [7, 11) is 0. The Balaban J connectivity index is 2.75. The normalized spacial score (nSPS) is 15.1. The van der Waals surface area contributed by atoms with Gasteiger partial charge in [-0.1, -0.05) is 23.7 Å². The van der Waals surface area contributed by atoms with Gasteiger partial charge in [-0.25, -0.2) is 0 Å². The zero-order valence-electron chi connectivity index (χ0n) is 7.50. The molecular weight excluding hydrogens is 200 g/mol. The average Bonchev–Trinajstić information content (AvgIpc) is 2.14. The van der Waals surface area contributed by atoms with E-state index in [0.29, 0.717) is 21.7 Å². The SMILES string of the molecule is CC1=CC(=O)c2c(Cl)cccc2C1=O. The van der Waals surface area contributed by atoms with E-state index in [4.69, 9.17) is 11.6 Å². The van der Waals surface area contributed by atoms with E-state index in [1.807, 2.05) is 0 Å². The molecule has 3 heteroatoms. The highest BCUT2D eigenvalue weighted by atomic mass is 35.5. The molecular formula is C11H7ClO2. The summed E-state index contributed by atoms with van der Waals surface area (Å²) in [5.41, 5.74) is 1.19. The number of hydrogen-bond donors (Lipinski definition) is 0. The predicted molar refractivity (Wildman–Crippen MR) is 53.9 cm³/mol. The topological polar surface area (TPSA) is 34.1 Å². The van der Waals surface area contributed by atoms with E-state index in [1.54, 1.807) is 25.1 Å². The summed E-state index contributed by atoms with van der Waals surface area (Å²) in [5, 5.41) is 0.338. The second-order valence-corrected chi connectivity index (χ2v) is 3.59. The maximum atomic E-state index is 11.6. The molecule has 1 aliphatic carbocycles. The van der Waals surface area contributed by atoms with Crippen LogP contribution in [0, 0.1) is 0 Å². The van der Waals surface area contributed by atoms with E-state index in [-0.39, 0.29) is 11.6 Å². The van der Waals surface area contributed by atoms with Crippen LogP contribution < -0.4 is 0 Å². The third kappa shape index (κ3) is 1.19. The fourth-order valence-electron chi connectivity index (χ4n) is 1.51. The first kappa shape index (κ1) is 9.16. The number of benzene rings is 1. The summed E-state index contributed by atoms with van der Waals surface area (Å²) in [5.74, 6) is -0.315. The fraction of sp³-hybridized carbons (Fsp3) is 0.0909. The quantitative estimate of drug-likeness (QED) is 0.654. The zero-order valence-corrected chi connectivity index (χ0v) is 8.26. The van der Waals surface area contributed by atoms with Gasteiger partial charge in [0.1, 0.15) is 0 Å². The van der Waals surface area contributed by atoms with Crippen molar-refractivity contribution in [3.8, 4) is 0 Å². The maximum absolute atomic E-state index is 11.6. The molecule has 0 N–H and O–H groups in total. The molecule has 0 amide bonds. The van der Waals surface area contributed by atoms with E-state index in [0.717, 1.165) is 0 Å². The van der Waals surface area contributed by atoms with E-state index < -0.39 is 0 Å². The molecule has 2 rings (SSSR count). The Hall–Kier alpha value is -1.41. The smallest absolute Gasteiger partial charge is 0.189 e. The van der Waals surface area contributed by atoms with Gasteiger partial charge in [0, 0.05) is 11.1 Å². The number of carbonyl (C=O) groups excluding carboxylic acids is 2. The summed E-state index contributed by atoms with van der Waals surface area (Å²) in [6, 6.07) is 4.91. The highest BCUT2D eigenvalue weighted by Gasteiger charge is 2.24. The van der Waals surface area contributed by atoms with Crippen molar-refractivity contribution in [3.63, 3.8) is 0 Å². The Kier molecular flexibility index (Phi) is 2.01. The van der Waals surface area contributed by atoms with Gasteiger partial charge in [-0.3, -0.25) is 9.59 Å². The molecule has 70 valence electrons. The lowest BCUT2D eigenvalue weighted by Crippen LogP contribution is -2.15. The standard InChI is InChI=1S/C11H7ClO2/c1-6-5-9(13)10-7(11(6)14)3-2-4-8(10)12/h2-5H,1H3. The van der Waals surface area contributed by atoms with Crippen LogP contribution in [-0.2, 0) is 0 Å². The van der Waals surface area contributed by atoms with Crippen LogP contribution in [0.5, 0.6) is 0 Å². The summed E-state index contributed by atoms with van der Waals surface area (Å²) < 4.78 is 0. The van der Waals surface area contributed by atoms with Gasteiger partial charge in [0.25, 0.3) is 0 Å². The lowest BCUT2D eigenvalue weighted by Gasteiger charge is -2.12. The molecule has 0 saturated heterocycles. The highest BCUT2D eigenvalue weighted by Crippen LogP contribution is 2.26. The van der Waals surface area contributed by atoms with Crippen LogP contribution in [0.25, 0.3) is 0 Å². The largest absolute Gasteiger partial charge is 0.289 e. The lowest BCUT2D eigenvalue weighted by molar-refractivity contribution is 0.0984. The molecule has 1 aromatic carbocycles. The third-order valence-electron chi connectivity index (χ3n) is 2.21. The molecule has 14 heavy (non-hydrogen) atoms. The molecule has 0 heterocycles. The maximum Gasteiger partial charge on any atom is 0.189 e. The van der Waals surface area contributed by atoms with Gasteiger partial charge in [0.15, 0.2) is 11.6 Å². The monoisotopic (exact) mass is 206 g/mol. The van der Waals surface area contributed by atoms with Gasteiger partial charge < -0.3 is 0 Å². The van der Waals surface area contributed by atoms with Crippen LogP contribution in [0.15, 0.2) is 29.8 Å². The fourth-order valence-corrected chi connectivity index (χ4v) is 1.78. The second kappa shape index (κ2) is 3.07. The van der Waals surface area contributed by atoms with Crippen LogP contribution in [0.4, 0.5) is 0 Å². The van der Waals surface area contributed by atoms with Crippen LogP contribution in [0.2, 0.25) is 5.02 Å². The van der Waals surface area contributed by atoms with Gasteiger partial charge >= 0.3 is 0 Å². The minimum Gasteiger partial charge on any atom is -0.289 e. The number of Topliss-reactive ketones (excluding diaryl/α,β-unsaturated/α-hetero) is 1. The van der Waals surface area contributed by atoms with Gasteiger partial charge in [0.05, 0.1) is 10.6 Å². The van der Waals surface area contributed by atoms with E-state index in [9.17, 15) is 9.59 Å². The first-order valence-electron chi connectivity index (χ1n) is 4.17. The van der Waals surface area contributed by atoms with E-state index in [2.05, 4.69) is 0 Å². The van der Waals surface area contributed by atoms with Crippen molar-refractivity contribution >= 4 is 23.2 Å². The molecule has 0 bridgehead atoms. The summed E-state index contributed by atoms with van der Waals surface area (Å²) >= 11 is 5.85. The summed E-state index contributed by atoms with van der Waals surface area (Å²) in [6.07, 6.45) is 1.33. The number of carbonyl (C=O) groups is 2. The molecule has 0 fully saturated rings. The molecule has 0 spiro atoms. The predicted octanol–water partition coefficient (Wildman–Crippen LogP) is 2.67. The second-order valence-electron chi connectivity index (χ2n) is 3.18. The number of ketones is 2.